The van der Waals surface area contributed by atoms with E-state index in [0.717, 1.165) is 11.1 Å². The van der Waals surface area contributed by atoms with Gasteiger partial charge < -0.3 is 15.3 Å². The highest BCUT2D eigenvalue weighted by atomic mass is 16.7. The van der Waals surface area contributed by atoms with Crippen LogP contribution in [0.25, 0.3) is 0 Å². The summed E-state index contributed by atoms with van der Waals surface area (Å²) in [4.78, 5) is 19.2. The molecule has 6 heteroatoms. The number of amidine groups is 1. The molecule has 114 valence electrons. The van der Waals surface area contributed by atoms with Gasteiger partial charge in [-0.25, -0.2) is 9.78 Å². The fourth-order valence-corrected chi connectivity index (χ4v) is 1.75. The fraction of sp³-hybridized carbons (Fsp3) is 0.188. The zero-order valence-corrected chi connectivity index (χ0v) is 12.5. The number of aromatic amines is 1. The number of carbonyl (C=O) groups excluding carboxylic acids is 1. The van der Waals surface area contributed by atoms with Crippen molar-refractivity contribution in [3.8, 4) is 5.75 Å². The Kier molecular flexibility index (Phi) is 5.08. The number of ether oxygens (including phenoxy) is 1. The average molecular weight is 300 g/mol. The van der Waals surface area contributed by atoms with Crippen molar-refractivity contribution in [2.24, 2.45) is 10.9 Å². The van der Waals surface area contributed by atoms with E-state index in [1.165, 1.54) is 0 Å². The number of benzene rings is 1. The number of aromatic nitrogens is 1. The molecule has 0 bridgehead atoms. The van der Waals surface area contributed by atoms with Gasteiger partial charge in [0, 0.05) is 6.07 Å². The second-order valence-electron chi connectivity index (χ2n) is 4.72. The first-order valence-corrected chi connectivity index (χ1v) is 6.76. The van der Waals surface area contributed by atoms with Crippen molar-refractivity contribution in [2.45, 2.75) is 13.8 Å². The summed E-state index contributed by atoms with van der Waals surface area (Å²) in [7, 11) is 0. The molecule has 0 saturated carbocycles. The topological polar surface area (TPSA) is 88.0 Å². The van der Waals surface area contributed by atoms with Crippen LogP contribution in [0, 0.1) is 13.8 Å². The number of nitrogens with zero attached hydrogens (tertiary/aromatic N) is 1. The predicted octanol–water partition coefficient (Wildman–Crippen LogP) is 1.36. The Morgan fingerprint density at radius 3 is 2.82 bits per heavy atom. The Morgan fingerprint density at radius 1 is 1.27 bits per heavy atom. The molecule has 6 nitrogen and oxygen atoms in total. The molecular weight excluding hydrogens is 282 g/mol. The fourth-order valence-electron chi connectivity index (χ4n) is 1.75. The van der Waals surface area contributed by atoms with Gasteiger partial charge in [0.1, 0.15) is 5.75 Å². The molecule has 0 aliphatic rings. The van der Waals surface area contributed by atoms with Crippen LogP contribution in [0.3, 0.4) is 0 Å². The molecule has 0 fully saturated rings. The van der Waals surface area contributed by atoms with Crippen LogP contribution in [0.1, 0.15) is 16.7 Å². The number of oxime groups is 1. The molecule has 22 heavy (non-hydrogen) atoms. The van der Waals surface area contributed by atoms with Crippen LogP contribution in [0.15, 0.2) is 47.9 Å². The minimum absolute atomic E-state index is 0.108. The van der Waals surface area contributed by atoms with Crippen LogP contribution in [-0.2, 0) is 9.63 Å². The van der Waals surface area contributed by atoms with Gasteiger partial charge >= 0.3 is 5.97 Å². The summed E-state index contributed by atoms with van der Waals surface area (Å²) < 4.78 is 5.43. The maximum atomic E-state index is 11.6. The number of H-pyrrole nitrogens is 1. The normalized spacial score (nSPS) is 11.1. The average Bonchev–Trinajstić information content (AvgIpc) is 2.54. The quantitative estimate of drug-likeness (QED) is 0.391. The van der Waals surface area contributed by atoms with E-state index in [-0.39, 0.29) is 12.4 Å². The standard InChI is InChI=1S/C16H17N3O3/c1-11-5-3-7-14(12(11)2)21-10-15(20)22-19-16(17)13-6-4-8-18-9-13/h3-9H,10H2,1-2H3,(H2,17,19)/p+1. The lowest BCUT2D eigenvalue weighted by molar-refractivity contribution is -0.378. The van der Waals surface area contributed by atoms with E-state index in [2.05, 4.69) is 10.1 Å². The summed E-state index contributed by atoms with van der Waals surface area (Å²) in [6, 6.07) is 9.15. The van der Waals surface area contributed by atoms with Gasteiger partial charge in [-0.3, -0.25) is 0 Å². The van der Waals surface area contributed by atoms with Crippen molar-refractivity contribution >= 4 is 11.8 Å². The van der Waals surface area contributed by atoms with E-state index >= 15 is 0 Å². The first-order chi connectivity index (χ1) is 10.6. The molecule has 0 aliphatic heterocycles. The summed E-state index contributed by atoms with van der Waals surface area (Å²) in [5.41, 5.74) is 8.41. The van der Waals surface area contributed by atoms with Crippen molar-refractivity contribution < 1.29 is 19.4 Å². The van der Waals surface area contributed by atoms with Crippen LogP contribution in [0.4, 0.5) is 0 Å². The smallest absolute Gasteiger partial charge is 0.372 e. The summed E-state index contributed by atoms with van der Waals surface area (Å²) in [5.74, 6) is 0.132. The molecule has 0 amide bonds. The number of aryl methyl sites for hydroxylation is 1. The third-order valence-corrected chi connectivity index (χ3v) is 3.15. The lowest BCUT2D eigenvalue weighted by Gasteiger charge is -2.09. The lowest BCUT2D eigenvalue weighted by Crippen LogP contribution is -2.19. The van der Waals surface area contributed by atoms with Crippen LogP contribution in [0.5, 0.6) is 5.75 Å². The molecule has 0 spiro atoms. The Balaban J connectivity index is 1.90. The molecule has 0 atom stereocenters. The van der Waals surface area contributed by atoms with Gasteiger partial charge in [-0.1, -0.05) is 17.3 Å². The number of nitrogens with one attached hydrogen (secondary N) is 1. The molecule has 0 unspecified atom stereocenters. The Bertz CT molecular complexity index is 684. The molecule has 1 aromatic carbocycles. The summed E-state index contributed by atoms with van der Waals surface area (Å²) in [6.07, 6.45) is 3.39. The Hall–Kier alpha value is -2.89. The Morgan fingerprint density at radius 2 is 2.09 bits per heavy atom. The predicted molar refractivity (Wildman–Crippen MR) is 81.2 cm³/mol. The first kappa shape index (κ1) is 15.5. The van der Waals surface area contributed by atoms with Gasteiger partial charge in [-0.2, -0.15) is 0 Å². The van der Waals surface area contributed by atoms with Gasteiger partial charge in [0.05, 0.1) is 5.56 Å². The van der Waals surface area contributed by atoms with Crippen molar-refractivity contribution in [3.63, 3.8) is 0 Å². The minimum atomic E-state index is -0.622. The number of pyridine rings is 1. The number of hydrogen-bond acceptors (Lipinski definition) is 4. The summed E-state index contributed by atoms with van der Waals surface area (Å²) in [5, 5.41) is 3.59. The molecule has 1 aromatic heterocycles. The van der Waals surface area contributed by atoms with Crippen LogP contribution < -0.4 is 15.5 Å². The molecule has 0 saturated heterocycles. The SMILES string of the molecule is Cc1cccc(OCC(=O)ON=C(N)c2ccc[nH+]c2)c1C. The van der Waals surface area contributed by atoms with E-state index in [1.54, 1.807) is 30.6 Å². The second kappa shape index (κ2) is 7.21. The van der Waals surface area contributed by atoms with Crippen molar-refractivity contribution in [1.29, 1.82) is 0 Å². The third-order valence-electron chi connectivity index (χ3n) is 3.15. The van der Waals surface area contributed by atoms with E-state index in [1.807, 2.05) is 26.0 Å². The molecule has 0 aliphatic carbocycles. The van der Waals surface area contributed by atoms with E-state index in [0.29, 0.717) is 11.3 Å². The maximum Gasteiger partial charge on any atom is 0.372 e. The zero-order chi connectivity index (χ0) is 15.9. The van der Waals surface area contributed by atoms with Gasteiger partial charge in [0.15, 0.2) is 24.8 Å². The highest BCUT2D eigenvalue weighted by Gasteiger charge is 2.08. The van der Waals surface area contributed by atoms with E-state index in [9.17, 15) is 4.79 Å². The molecule has 0 radical (unpaired) electrons. The molecule has 1 heterocycles. The largest absolute Gasteiger partial charge is 0.482 e. The molecule has 2 rings (SSSR count). The highest BCUT2D eigenvalue weighted by molar-refractivity contribution is 5.96. The number of hydrogen-bond donors (Lipinski definition) is 1. The van der Waals surface area contributed by atoms with E-state index < -0.39 is 5.97 Å². The summed E-state index contributed by atoms with van der Waals surface area (Å²) in [6.45, 7) is 3.67. The van der Waals surface area contributed by atoms with Gasteiger partial charge in [0.2, 0.25) is 0 Å². The monoisotopic (exact) mass is 300 g/mol. The van der Waals surface area contributed by atoms with Crippen molar-refractivity contribution in [1.82, 2.24) is 0 Å². The molecule has 2 aromatic rings. The minimum Gasteiger partial charge on any atom is -0.482 e. The number of nitrogens with two attached hydrogens (primary N) is 1. The van der Waals surface area contributed by atoms with Gasteiger partial charge in [-0.05, 0) is 37.1 Å². The zero-order valence-electron chi connectivity index (χ0n) is 12.5. The summed E-state index contributed by atoms with van der Waals surface area (Å²) >= 11 is 0. The highest BCUT2D eigenvalue weighted by Crippen LogP contribution is 2.20. The van der Waals surface area contributed by atoms with Crippen molar-refractivity contribution in [3.05, 3.63) is 59.4 Å². The second-order valence-corrected chi connectivity index (χ2v) is 4.72. The van der Waals surface area contributed by atoms with Crippen LogP contribution >= 0.6 is 0 Å². The van der Waals surface area contributed by atoms with Crippen LogP contribution in [0.2, 0.25) is 0 Å². The first-order valence-electron chi connectivity index (χ1n) is 6.76. The third kappa shape index (κ3) is 4.05. The maximum absolute atomic E-state index is 11.6. The Labute approximate surface area is 128 Å². The lowest BCUT2D eigenvalue weighted by atomic mass is 10.1. The molecular formula is C16H18N3O3+. The van der Waals surface area contributed by atoms with Gasteiger partial charge in [-0.15, -0.1) is 0 Å². The van der Waals surface area contributed by atoms with Crippen LogP contribution in [-0.4, -0.2) is 18.4 Å². The van der Waals surface area contributed by atoms with E-state index in [4.69, 9.17) is 15.3 Å². The van der Waals surface area contributed by atoms with Gasteiger partial charge in [0.25, 0.3) is 0 Å². The van der Waals surface area contributed by atoms with Crippen molar-refractivity contribution in [2.75, 3.05) is 6.61 Å². The molecule has 3 N–H and O–H groups in total. The number of carbonyl (C=O) groups is 1. The number of rotatable bonds is 5.